The molecule has 3 aromatic carbocycles. The Balaban J connectivity index is 1.49. The van der Waals surface area contributed by atoms with Crippen molar-refractivity contribution in [1.29, 1.82) is 0 Å². The number of carbonyl (C=O) groups excluding carboxylic acids is 2. The fourth-order valence-corrected chi connectivity index (χ4v) is 4.35. The van der Waals surface area contributed by atoms with Crippen LogP contribution in [0, 0.1) is 0 Å². The maximum atomic E-state index is 12.3. The molecule has 0 radical (unpaired) electrons. The van der Waals surface area contributed by atoms with E-state index < -0.39 is 5.97 Å². The van der Waals surface area contributed by atoms with Crippen molar-refractivity contribution in [1.82, 2.24) is 5.01 Å². The smallest absolute Gasteiger partial charge is 0.341 e. The number of benzene rings is 3. The molecular weight excluding hydrogens is 484 g/mol. The molecule has 1 atom stereocenters. The van der Waals surface area contributed by atoms with Crippen molar-refractivity contribution < 1.29 is 28.5 Å². The highest BCUT2D eigenvalue weighted by Gasteiger charge is 2.31. The summed E-state index contributed by atoms with van der Waals surface area (Å²) in [6.07, 6.45) is 1.95. The van der Waals surface area contributed by atoms with Crippen molar-refractivity contribution in [3.8, 4) is 11.5 Å². The zero-order valence-corrected chi connectivity index (χ0v) is 21.8. The topological polar surface area (TPSA) is 86.7 Å². The Morgan fingerprint density at radius 1 is 0.974 bits per heavy atom. The second-order valence-electron chi connectivity index (χ2n) is 8.64. The summed E-state index contributed by atoms with van der Waals surface area (Å²) in [5.74, 6) is 0.775. The van der Waals surface area contributed by atoms with Gasteiger partial charge in [0.2, 0.25) is 5.91 Å². The summed E-state index contributed by atoms with van der Waals surface area (Å²) in [7, 11) is 4.43. The van der Waals surface area contributed by atoms with Crippen LogP contribution in [0.15, 0.2) is 84.2 Å². The molecule has 3 aromatic rings. The molecule has 1 aliphatic heterocycles. The number of hydrogen-bond acceptors (Lipinski definition) is 7. The van der Waals surface area contributed by atoms with E-state index in [0.29, 0.717) is 23.3 Å². The monoisotopic (exact) mass is 514 g/mol. The third-order valence-electron chi connectivity index (χ3n) is 6.24. The molecule has 1 heterocycles. The average molecular weight is 515 g/mol. The molecule has 0 saturated heterocycles. The molecule has 1 unspecified atom stereocenters. The van der Waals surface area contributed by atoms with Gasteiger partial charge in [0.1, 0.15) is 23.7 Å². The van der Waals surface area contributed by atoms with E-state index in [9.17, 15) is 9.59 Å². The summed E-state index contributed by atoms with van der Waals surface area (Å²) >= 11 is 0. The molecule has 8 nitrogen and oxygen atoms in total. The molecule has 0 N–H and O–H groups in total. The Bertz CT molecular complexity index is 1360. The fraction of sp³-hybridized carbons (Fsp3) is 0.233. The molecule has 1 amide bonds. The van der Waals surface area contributed by atoms with Gasteiger partial charge in [0.15, 0.2) is 0 Å². The summed E-state index contributed by atoms with van der Waals surface area (Å²) in [5, 5.41) is 6.15. The lowest BCUT2D eigenvalue weighted by atomic mass is 9.98. The second-order valence-corrected chi connectivity index (χ2v) is 8.64. The number of ether oxygens (including phenoxy) is 4. The second kappa shape index (κ2) is 12.1. The minimum Gasteiger partial charge on any atom is -0.503 e. The van der Waals surface area contributed by atoms with E-state index in [4.69, 9.17) is 18.9 Å². The molecule has 4 rings (SSSR count). The van der Waals surface area contributed by atoms with Crippen molar-refractivity contribution in [2.45, 2.75) is 26.0 Å². The van der Waals surface area contributed by atoms with E-state index >= 15 is 0 Å². The van der Waals surface area contributed by atoms with Gasteiger partial charge >= 0.3 is 5.97 Å². The third kappa shape index (κ3) is 5.86. The van der Waals surface area contributed by atoms with Gasteiger partial charge in [-0.2, -0.15) is 5.10 Å². The van der Waals surface area contributed by atoms with Gasteiger partial charge in [-0.25, -0.2) is 9.80 Å². The summed E-state index contributed by atoms with van der Waals surface area (Å²) in [5.41, 5.74) is 4.48. The first-order chi connectivity index (χ1) is 18.4. The van der Waals surface area contributed by atoms with Crippen molar-refractivity contribution in [2.75, 3.05) is 21.3 Å². The van der Waals surface area contributed by atoms with Crippen LogP contribution in [-0.2, 0) is 25.7 Å². The van der Waals surface area contributed by atoms with E-state index in [1.165, 1.54) is 32.4 Å². The molecule has 0 spiro atoms. The van der Waals surface area contributed by atoms with Crippen molar-refractivity contribution >= 4 is 23.2 Å². The van der Waals surface area contributed by atoms with E-state index in [2.05, 4.69) is 5.10 Å². The number of carbonyl (C=O) groups is 2. The van der Waals surface area contributed by atoms with Gasteiger partial charge in [-0.1, -0.05) is 36.4 Å². The highest BCUT2D eigenvalue weighted by Crippen LogP contribution is 2.34. The SMILES string of the molecule is CO/C=C(/C(=O)OC)c1ccccc1COc1ccc(C2=NN(C(C)=O)C(c3cccc(OC)c3)C2)cc1. The number of nitrogens with zero attached hydrogens (tertiary/aromatic N) is 2. The number of esters is 1. The molecule has 1 aliphatic rings. The standard InChI is InChI=1S/C30H30N2O6/c1-20(33)32-29(22-9-7-10-25(16-22)36-3)17-28(31-32)21-12-14-24(15-13-21)38-18-23-8-5-6-11-26(23)27(19-35-2)30(34)37-4/h5-16,19,29H,17-18H2,1-4H3/b27-19+. The lowest BCUT2D eigenvalue weighted by Crippen LogP contribution is -2.24. The van der Waals surface area contributed by atoms with Crippen LogP contribution in [-0.4, -0.2) is 43.9 Å². The van der Waals surface area contributed by atoms with E-state index in [1.807, 2.05) is 72.8 Å². The number of hydrazone groups is 1. The van der Waals surface area contributed by atoms with Crippen LogP contribution in [0.5, 0.6) is 11.5 Å². The Hall–Kier alpha value is -4.59. The average Bonchev–Trinajstić information content (AvgIpc) is 3.41. The molecule has 8 heteroatoms. The lowest BCUT2D eigenvalue weighted by Gasteiger charge is -2.20. The zero-order valence-electron chi connectivity index (χ0n) is 21.8. The van der Waals surface area contributed by atoms with Gasteiger partial charge in [0, 0.05) is 13.3 Å². The van der Waals surface area contributed by atoms with Gasteiger partial charge in [-0.3, -0.25) is 4.79 Å². The van der Waals surface area contributed by atoms with E-state index in [-0.39, 0.29) is 18.6 Å². The fourth-order valence-electron chi connectivity index (χ4n) is 4.35. The van der Waals surface area contributed by atoms with Crippen molar-refractivity contribution in [2.24, 2.45) is 5.10 Å². The van der Waals surface area contributed by atoms with Crippen LogP contribution in [0.4, 0.5) is 0 Å². The maximum absolute atomic E-state index is 12.3. The lowest BCUT2D eigenvalue weighted by molar-refractivity contribution is -0.134. The summed E-state index contributed by atoms with van der Waals surface area (Å²) in [6, 6.07) is 22.5. The zero-order chi connectivity index (χ0) is 27.1. The normalized spacial score (nSPS) is 15.1. The molecule has 0 bridgehead atoms. The summed E-state index contributed by atoms with van der Waals surface area (Å²) in [6.45, 7) is 1.76. The first-order valence-corrected chi connectivity index (χ1v) is 12.1. The molecule has 38 heavy (non-hydrogen) atoms. The largest absolute Gasteiger partial charge is 0.503 e. The predicted octanol–water partition coefficient (Wildman–Crippen LogP) is 5.13. The molecule has 0 aliphatic carbocycles. The van der Waals surface area contributed by atoms with Crippen molar-refractivity contribution in [3.05, 3.63) is 101 Å². The number of amides is 1. The molecule has 196 valence electrons. The molecule has 0 fully saturated rings. The van der Waals surface area contributed by atoms with Crippen LogP contribution in [0.25, 0.3) is 5.57 Å². The Labute approximate surface area is 222 Å². The van der Waals surface area contributed by atoms with Crippen LogP contribution >= 0.6 is 0 Å². The molecule has 0 saturated carbocycles. The number of rotatable bonds is 9. The minimum atomic E-state index is -0.493. The van der Waals surface area contributed by atoms with Gasteiger partial charge in [0.25, 0.3) is 0 Å². The highest BCUT2D eigenvalue weighted by atomic mass is 16.5. The van der Waals surface area contributed by atoms with Crippen LogP contribution in [0.3, 0.4) is 0 Å². The highest BCUT2D eigenvalue weighted by molar-refractivity contribution is 6.16. The van der Waals surface area contributed by atoms with Crippen LogP contribution in [0.1, 0.15) is 41.6 Å². The molecular formula is C30H30N2O6. The number of hydrogen-bond donors (Lipinski definition) is 0. The predicted molar refractivity (Wildman–Crippen MR) is 144 cm³/mol. The van der Waals surface area contributed by atoms with Gasteiger partial charge in [-0.05, 0) is 58.7 Å². The quantitative estimate of drug-likeness (QED) is 0.224. The van der Waals surface area contributed by atoms with Crippen LogP contribution < -0.4 is 9.47 Å². The molecule has 0 aromatic heterocycles. The Kier molecular flexibility index (Phi) is 8.43. The van der Waals surface area contributed by atoms with E-state index in [0.717, 1.165) is 28.2 Å². The van der Waals surface area contributed by atoms with Gasteiger partial charge < -0.3 is 18.9 Å². The first-order valence-electron chi connectivity index (χ1n) is 12.1. The van der Waals surface area contributed by atoms with Gasteiger partial charge in [-0.15, -0.1) is 0 Å². The maximum Gasteiger partial charge on any atom is 0.341 e. The minimum absolute atomic E-state index is 0.125. The first kappa shape index (κ1) is 26.5. The Morgan fingerprint density at radius 2 is 1.74 bits per heavy atom. The van der Waals surface area contributed by atoms with Crippen LogP contribution in [0.2, 0.25) is 0 Å². The summed E-state index contributed by atoms with van der Waals surface area (Å²) in [4.78, 5) is 24.6. The van der Waals surface area contributed by atoms with Crippen molar-refractivity contribution in [3.63, 3.8) is 0 Å². The summed E-state index contributed by atoms with van der Waals surface area (Å²) < 4.78 is 21.4. The van der Waals surface area contributed by atoms with Gasteiger partial charge in [0.05, 0.1) is 39.3 Å². The van der Waals surface area contributed by atoms with E-state index in [1.54, 1.807) is 7.11 Å². The Morgan fingerprint density at radius 3 is 2.42 bits per heavy atom. The third-order valence-corrected chi connectivity index (χ3v) is 6.24. The number of methoxy groups -OCH3 is 3.